The van der Waals surface area contributed by atoms with Gasteiger partial charge in [0.1, 0.15) is 6.04 Å². The third-order valence-corrected chi connectivity index (χ3v) is 3.86. The van der Waals surface area contributed by atoms with Gasteiger partial charge in [-0.05, 0) is 67.3 Å². The number of hydrogen-bond donors (Lipinski definition) is 5. The second kappa shape index (κ2) is 11.2. The van der Waals surface area contributed by atoms with Crippen LogP contribution in [0.2, 0.25) is 0 Å². The zero-order valence-electron chi connectivity index (χ0n) is 16.0. The van der Waals surface area contributed by atoms with Crippen LogP contribution in [0.5, 0.6) is 0 Å². The quantitative estimate of drug-likeness (QED) is 0.288. The van der Waals surface area contributed by atoms with E-state index in [1.165, 1.54) is 5.48 Å². The van der Waals surface area contributed by atoms with Crippen molar-refractivity contribution in [2.75, 3.05) is 18.4 Å². The van der Waals surface area contributed by atoms with E-state index in [9.17, 15) is 9.59 Å². The summed E-state index contributed by atoms with van der Waals surface area (Å²) >= 11 is 0. The summed E-state index contributed by atoms with van der Waals surface area (Å²) in [5, 5.41) is 14.3. The summed E-state index contributed by atoms with van der Waals surface area (Å²) in [6.07, 6.45) is 0. The minimum atomic E-state index is -1.02. The molecule has 2 amide bonds. The zero-order chi connectivity index (χ0) is 21.1. The van der Waals surface area contributed by atoms with E-state index in [4.69, 9.17) is 10.9 Å². The van der Waals surface area contributed by atoms with Crippen molar-refractivity contribution in [3.63, 3.8) is 0 Å². The molecule has 2 aromatic carbocycles. The van der Waals surface area contributed by atoms with E-state index in [0.29, 0.717) is 11.1 Å². The number of carbonyl (C=O) groups is 2. The lowest BCUT2D eigenvalue weighted by atomic mass is 10.1. The Hall–Kier alpha value is -3.78. The summed E-state index contributed by atoms with van der Waals surface area (Å²) in [5.41, 5.74) is 9.82. The van der Waals surface area contributed by atoms with Crippen LogP contribution in [0.4, 0.5) is 5.69 Å². The molecule has 0 radical (unpaired) electrons. The van der Waals surface area contributed by atoms with Crippen LogP contribution in [-0.2, 0) is 4.79 Å². The summed E-state index contributed by atoms with van der Waals surface area (Å²) in [7, 11) is 0. The predicted octanol–water partition coefficient (Wildman–Crippen LogP) is 1.08. The number of hydrogen-bond acceptors (Lipinski definition) is 5. The van der Waals surface area contributed by atoms with Crippen LogP contribution in [0.3, 0.4) is 0 Å². The first kappa shape index (κ1) is 21.5. The second-order valence-corrected chi connectivity index (χ2v) is 5.92. The van der Waals surface area contributed by atoms with E-state index >= 15 is 0 Å². The first-order valence-corrected chi connectivity index (χ1v) is 8.98. The molecular weight excluding hydrogens is 368 g/mol. The Bertz CT molecular complexity index is 962. The van der Waals surface area contributed by atoms with Crippen molar-refractivity contribution in [2.24, 2.45) is 5.73 Å². The van der Waals surface area contributed by atoms with Gasteiger partial charge in [0.2, 0.25) is 0 Å². The fraction of sp³-hybridized carbons (Fsp3) is 0.182. The Morgan fingerprint density at radius 1 is 1.00 bits per heavy atom. The molecule has 0 aliphatic carbocycles. The van der Waals surface area contributed by atoms with Gasteiger partial charge in [-0.3, -0.25) is 14.8 Å². The van der Waals surface area contributed by atoms with Crippen molar-refractivity contribution in [3.05, 3.63) is 65.2 Å². The molecule has 2 aromatic rings. The van der Waals surface area contributed by atoms with Crippen molar-refractivity contribution in [1.29, 1.82) is 0 Å². The van der Waals surface area contributed by atoms with Crippen molar-refractivity contribution in [3.8, 4) is 23.7 Å². The highest BCUT2D eigenvalue weighted by Gasteiger charge is 2.19. The lowest BCUT2D eigenvalue weighted by Gasteiger charge is -2.14. The van der Waals surface area contributed by atoms with Crippen LogP contribution in [0, 0.1) is 23.7 Å². The summed E-state index contributed by atoms with van der Waals surface area (Å²) in [6.45, 7) is 2.76. The smallest absolute Gasteiger partial charge is 0.267 e. The van der Waals surface area contributed by atoms with Gasteiger partial charge in [0, 0.05) is 35.5 Å². The van der Waals surface area contributed by atoms with Crippen molar-refractivity contribution >= 4 is 17.5 Å². The number of nitrogens with one attached hydrogen (secondary N) is 3. The normalized spacial score (nSPS) is 10.4. The summed E-state index contributed by atoms with van der Waals surface area (Å²) in [6, 6.07) is 13.3. The molecule has 2 rings (SSSR count). The van der Waals surface area contributed by atoms with Crippen LogP contribution in [-0.4, -0.2) is 36.2 Å². The lowest BCUT2D eigenvalue weighted by Crippen LogP contribution is -2.50. The van der Waals surface area contributed by atoms with E-state index in [1.54, 1.807) is 24.3 Å². The molecular formula is C22H22N4O3. The van der Waals surface area contributed by atoms with E-state index in [2.05, 4.69) is 34.3 Å². The number of benzene rings is 2. The van der Waals surface area contributed by atoms with Gasteiger partial charge in [-0.15, -0.1) is 0 Å². The highest BCUT2D eigenvalue weighted by molar-refractivity contribution is 5.97. The molecule has 0 saturated carbocycles. The number of anilines is 1. The van der Waals surface area contributed by atoms with Gasteiger partial charge in [0.05, 0.1) is 0 Å². The van der Waals surface area contributed by atoms with Crippen LogP contribution in [0.1, 0.15) is 28.4 Å². The molecule has 29 heavy (non-hydrogen) atoms. The summed E-state index contributed by atoms with van der Waals surface area (Å²) in [4.78, 5) is 23.5. The zero-order valence-corrected chi connectivity index (χ0v) is 16.0. The van der Waals surface area contributed by atoms with Gasteiger partial charge in [-0.25, -0.2) is 5.48 Å². The molecule has 0 aliphatic heterocycles. The van der Waals surface area contributed by atoms with Crippen molar-refractivity contribution < 1.29 is 14.8 Å². The molecule has 7 heteroatoms. The molecule has 0 aliphatic rings. The van der Waals surface area contributed by atoms with Gasteiger partial charge in [-0.1, -0.05) is 11.8 Å². The molecule has 1 atom stereocenters. The summed E-state index contributed by atoms with van der Waals surface area (Å²) < 4.78 is 0. The van der Waals surface area contributed by atoms with Crippen LogP contribution in [0.15, 0.2) is 48.5 Å². The molecule has 0 bridgehead atoms. The standard InChI is InChI=1S/C22H22N4O3/c1-2-24-19-13-9-17(10-14-19)6-4-3-5-16-7-11-18(12-8-16)21(27)25-20(15-23)22(28)26-29/h7-14,20,24,29H,2,15,23H2,1H3,(H,25,27)(H,26,28)/t20-/m0/s1. The maximum Gasteiger partial charge on any atom is 0.267 e. The highest BCUT2D eigenvalue weighted by atomic mass is 16.5. The van der Waals surface area contributed by atoms with Gasteiger partial charge >= 0.3 is 0 Å². The Labute approximate surface area is 169 Å². The topological polar surface area (TPSA) is 116 Å². The fourth-order valence-corrected chi connectivity index (χ4v) is 2.34. The SMILES string of the molecule is CCNc1ccc(C#CC#Cc2ccc(C(=O)N[C@@H](CN)C(=O)NO)cc2)cc1. The maximum atomic E-state index is 12.1. The largest absolute Gasteiger partial charge is 0.385 e. The average molecular weight is 390 g/mol. The number of hydroxylamine groups is 1. The van der Waals surface area contributed by atoms with Gasteiger partial charge in [-0.2, -0.15) is 0 Å². The molecule has 0 unspecified atom stereocenters. The monoisotopic (exact) mass is 390 g/mol. The molecule has 0 saturated heterocycles. The lowest BCUT2D eigenvalue weighted by molar-refractivity contribution is -0.130. The Balaban J connectivity index is 1.98. The minimum Gasteiger partial charge on any atom is -0.385 e. The van der Waals surface area contributed by atoms with Crippen LogP contribution in [0.25, 0.3) is 0 Å². The Morgan fingerprint density at radius 2 is 1.55 bits per heavy atom. The molecule has 0 spiro atoms. The minimum absolute atomic E-state index is 0.141. The summed E-state index contributed by atoms with van der Waals surface area (Å²) in [5.74, 6) is 10.2. The van der Waals surface area contributed by atoms with Crippen LogP contribution >= 0.6 is 0 Å². The third-order valence-electron chi connectivity index (χ3n) is 3.86. The van der Waals surface area contributed by atoms with Crippen LogP contribution < -0.4 is 21.8 Å². The van der Waals surface area contributed by atoms with Gasteiger partial charge in [0.15, 0.2) is 0 Å². The van der Waals surface area contributed by atoms with Gasteiger partial charge in [0.25, 0.3) is 11.8 Å². The average Bonchev–Trinajstić information content (AvgIpc) is 2.76. The highest BCUT2D eigenvalue weighted by Crippen LogP contribution is 2.08. The molecule has 0 heterocycles. The van der Waals surface area contributed by atoms with Crippen molar-refractivity contribution in [1.82, 2.24) is 10.8 Å². The number of nitrogens with two attached hydrogens (primary N) is 1. The third kappa shape index (κ3) is 6.71. The molecule has 148 valence electrons. The molecule has 0 fully saturated rings. The Kier molecular flexibility index (Phi) is 8.28. The van der Waals surface area contributed by atoms with E-state index in [1.807, 2.05) is 31.2 Å². The molecule has 6 N–H and O–H groups in total. The predicted molar refractivity (Wildman–Crippen MR) is 111 cm³/mol. The molecule has 7 nitrogen and oxygen atoms in total. The number of carbonyl (C=O) groups excluding carboxylic acids is 2. The van der Waals surface area contributed by atoms with Gasteiger partial charge < -0.3 is 16.4 Å². The number of rotatable bonds is 6. The maximum absolute atomic E-state index is 12.1. The fourth-order valence-electron chi connectivity index (χ4n) is 2.34. The van der Waals surface area contributed by atoms with E-state index < -0.39 is 17.9 Å². The first-order valence-electron chi connectivity index (χ1n) is 8.98. The first-order chi connectivity index (χ1) is 14.1. The van der Waals surface area contributed by atoms with Crippen molar-refractivity contribution in [2.45, 2.75) is 13.0 Å². The Morgan fingerprint density at radius 3 is 2.03 bits per heavy atom. The number of amides is 2. The molecule has 0 aromatic heterocycles. The second-order valence-electron chi connectivity index (χ2n) is 5.92. The van der Waals surface area contributed by atoms with E-state index in [-0.39, 0.29) is 6.54 Å². The van der Waals surface area contributed by atoms with E-state index in [0.717, 1.165) is 17.8 Å².